The zero-order valence-electron chi connectivity index (χ0n) is 8.40. The van der Waals surface area contributed by atoms with Crippen LogP contribution in [0.5, 0.6) is 5.75 Å². The van der Waals surface area contributed by atoms with Crippen LogP contribution in [0, 0.1) is 6.92 Å². The summed E-state index contributed by atoms with van der Waals surface area (Å²) in [6, 6.07) is 2.92. The van der Waals surface area contributed by atoms with E-state index in [9.17, 15) is 5.11 Å². The summed E-state index contributed by atoms with van der Waals surface area (Å²) in [5.74, 6) is 0.177. The summed E-state index contributed by atoms with van der Waals surface area (Å²) >= 11 is 5.90. The predicted octanol–water partition coefficient (Wildman–Crippen LogP) is 1.64. The molecule has 0 amide bonds. The van der Waals surface area contributed by atoms with Crippen molar-refractivity contribution in [2.75, 3.05) is 6.61 Å². The van der Waals surface area contributed by atoms with Gasteiger partial charge < -0.3 is 15.9 Å². The monoisotopic (exact) mass is 251 g/mol. The van der Waals surface area contributed by atoms with Crippen LogP contribution in [-0.4, -0.2) is 22.9 Å². The van der Waals surface area contributed by atoms with Gasteiger partial charge in [0, 0.05) is 11.1 Å². The van der Waals surface area contributed by atoms with Crippen molar-refractivity contribution in [3.63, 3.8) is 0 Å². The number of nitrogens with two attached hydrogens (primary N) is 1. The van der Waals surface area contributed by atoms with Gasteiger partial charge in [0.05, 0.1) is 6.61 Å². The molecule has 0 saturated carbocycles. The quantitative estimate of drug-likeness (QED) is 0.766. The van der Waals surface area contributed by atoms with E-state index in [0.717, 1.165) is 5.56 Å². The van der Waals surface area contributed by atoms with Gasteiger partial charge in [-0.3, -0.25) is 0 Å². The Morgan fingerprint density at radius 2 is 2.07 bits per heavy atom. The second-order valence-electron chi connectivity index (χ2n) is 3.38. The molecule has 0 aliphatic rings. The Hall–Kier alpha value is -0.480. The number of hydrogen-bond donors (Lipinski definition) is 3. The fourth-order valence-electron chi connectivity index (χ4n) is 1.22. The minimum atomic E-state index is -0.361. The molecule has 1 unspecified atom stereocenters. The smallest absolute Gasteiger partial charge is 0.119 e. The van der Waals surface area contributed by atoms with Crippen molar-refractivity contribution in [3.8, 4) is 5.75 Å². The van der Waals surface area contributed by atoms with E-state index in [1.807, 2.05) is 6.92 Å². The number of aliphatic hydroxyl groups is 1. The van der Waals surface area contributed by atoms with Crippen LogP contribution in [0.2, 0.25) is 5.02 Å². The summed E-state index contributed by atoms with van der Waals surface area (Å²) in [4.78, 5) is 0. The van der Waals surface area contributed by atoms with Crippen molar-refractivity contribution in [1.29, 1.82) is 0 Å². The lowest BCUT2D eigenvalue weighted by atomic mass is 10.0. The van der Waals surface area contributed by atoms with Crippen molar-refractivity contribution < 1.29 is 10.2 Å². The molecule has 15 heavy (non-hydrogen) atoms. The van der Waals surface area contributed by atoms with Gasteiger partial charge in [0.2, 0.25) is 0 Å². The summed E-state index contributed by atoms with van der Waals surface area (Å²) < 4.78 is 0. The molecule has 1 aromatic rings. The zero-order valence-corrected chi connectivity index (χ0v) is 9.98. The van der Waals surface area contributed by atoms with Crippen LogP contribution in [-0.2, 0) is 6.42 Å². The first-order chi connectivity index (χ1) is 6.54. The van der Waals surface area contributed by atoms with E-state index in [1.165, 1.54) is 0 Å². The molecule has 4 N–H and O–H groups in total. The number of aliphatic hydroxyl groups excluding tert-OH is 1. The van der Waals surface area contributed by atoms with Crippen molar-refractivity contribution in [1.82, 2.24) is 0 Å². The third-order valence-corrected chi connectivity index (χ3v) is 2.48. The molecule has 1 atom stereocenters. The Balaban J connectivity index is 0.00000196. The van der Waals surface area contributed by atoms with Gasteiger partial charge in [-0.05, 0) is 36.6 Å². The van der Waals surface area contributed by atoms with Crippen molar-refractivity contribution in [2.45, 2.75) is 19.4 Å². The van der Waals surface area contributed by atoms with E-state index in [-0.39, 0.29) is 30.8 Å². The maximum Gasteiger partial charge on any atom is 0.119 e. The molecule has 0 aromatic heterocycles. The highest BCUT2D eigenvalue weighted by atomic mass is 35.5. The van der Waals surface area contributed by atoms with E-state index in [1.54, 1.807) is 12.1 Å². The van der Waals surface area contributed by atoms with E-state index in [2.05, 4.69) is 0 Å². The molecular formula is C10H15Cl2NO2. The van der Waals surface area contributed by atoms with Crippen LogP contribution in [0.15, 0.2) is 12.1 Å². The number of aromatic hydroxyl groups is 1. The lowest BCUT2D eigenvalue weighted by Crippen LogP contribution is -2.26. The van der Waals surface area contributed by atoms with Gasteiger partial charge in [-0.2, -0.15) is 0 Å². The van der Waals surface area contributed by atoms with Crippen LogP contribution in [0.25, 0.3) is 0 Å². The molecule has 86 valence electrons. The van der Waals surface area contributed by atoms with Gasteiger partial charge >= 0.3 is 0 Å². The third-order valence-electron chi connectivity index (χ3n) is 2.08. The molecule has 0 radical (unpaired) electrons. The maximum atomic E-state index is 9.56. The van der Waals surface area contributed by atoms with E-state index in [4.69, 9.17) is 22.4 Å². The Bertz CT molecular complexity index is 331. The topological polar surface area (TPSA) is 66.5 Å². The lowest BCUT2D eigenvalue weighted by Gasteiger charge is -2.11. The normalized spacial score (nSPS) is 12.0. The first kappa shape index (κ1) is 14.5. The SMILES string of the molecule is Cc1cc(O)c(CC(N)CO)cc1Cl.Cl. The molecule has 0 saturated heterocycles. The number of benzene rings is 1. The second kappa shape index (κ2) is 6.18. The lowest BCUT2D eigenvalue weighted by molar-refractivity contribution is 0.264. The summed E-state index contributed by atoms with van der Waals surface area (Å²) in [6.07, 6.45) is 0.419. The van der Waals surface area contributed by atoms with E-state index >= 15 is 0 Å². The van der Waals surface area contributed by atoms with Crippen molar-refractivity contribution >= 4 is 24.0 Å². The molecule has 5 heteroatoms. The van der Waals surface area contributed by atoms with E-state index < -0.39 is 0 Å². The number of rotatable bonds is 3. The molecule has 0 bridgehead atoms. The average Bonchev–Trinajstić information content (AvgIpc) is 2.14. The maximum absolute atomic E-state index is 9.56. The standard InChI is InChI=1S/C10H14ClNO2.ClH/c1-6-2-10(14)7(4-9(6)11)3-8(12)5-13;/h2,4,8,13-14H,3,5,12H2,1H3;1H. The number of phenolic OH excluding ortho intramolecular Hbond substituents is 1. The highest BCUT2D eigenvalue weighted by Crippen LogP contribution is 2.26. The predicted molar refractivity (Wildman–Crippen MR) is 63.9 cm³/mol. The second-order valence-corrected chi connectivity index (χ2v) is 3.78. The molecule has 1 rings (SSSR count). The number of hydrogen-bond acceptors (Lipinski definition) is 3. The first-order valence-electron chi connectivity index (χ1n) is 4.39. The Morgan fingerprint density at radius 3 is 2.60 bits per heavy atom. The molecule has 1 aromatic carbocycles. The van der Waals surface area contributed by atoms with Crippen LogP contribution in [0.4, 0.5) is 0 Å². The molecule has 0 spiro atoms. The molecule has 0 fully saturated rings. The fourth-order valence-corrected chi connectivity index (χ4v) is 1.40. The first-order valence-corrected chi connectivity index (χ1v) is 4.76. The largest absolute Gasteiger partial charge is 0.508 e. The van der Waals surface area contributed by atoms with Crippen LogP contribution in [0.1, 0.15) is 11.1 Å². The molecule has 0 aliphatic carbocycles. The highest BCUT2D eigenvalue weighted by Gasteiger charge is 2.09. The van der Waals surface area contributed by atoms with Gasteiger partial charge in [-0.1, -0.05) is 11.6 Å². The van der Waals surface area contributed by atoms with Crippen LogP contribution >= 0.6 is 24.0 Å². The Kier molecular flexibility index (Phi) is 5.98. The minimum Gasteiger partial charge on any atom is -0.508 e. The Morgan fingerprint density at radius 1 is 1.47 bits per heavy atom. The van der Waals surface area contributed by atoms with Crippen molar-refractivity contribution in [2.24, 2.45) is 5.73 Å². The summed E-state index contributed by atoms with van der Waals surface area (Å²) in [5.41, 5.74) is 7.05. The molecule has 0 aliphatic heterocycles. The fraction of sp³-hybridized carbons (Fsp3) is 0.400. The highest BCUT2D eigenvalue weighted by molar-refractivity contribution is 6.31. The summed E-state index contributed by atoms with van der Waals surface area (Å²) in [7, 11) is 0. The van der Waals surface area contributed by atoms with E-state index in [0.29, 0.717) is 17.0 Å². The molecule has 0 heterocycles. The number of halogens is 2. The third kappa shape index (κ3) is 3.87. The Labute approximate surface area is 100 Å². The minimum absolute atomic E-state index is 0. The summed E-state index contributed by atoms with van der Waals surface area (Å²) in [5, 5.41) is 18.9. The summed E-state index contributed by atoms with van der Waals surface area (Å²) in [6.45, 7) is 1.71. The zero-order chi connectivity index (χ0) is 10.7. The molecular weight excluding hydrogens is 237 g/mol. The van der Waals surface area contributed by atoms with Crippen LogP contribution in [0.3, 0.4) is 0 Å². The van der Waals surface area contributed by atoms with Gasteiger partial charge in [0.15, 0.2) is 0 Å². The van der Waals surface area contributed by atoms with Gasteiger partial charge in [0.25, 0.3) is 0 Å². The number of aryl methyl sites for hydroxylation is 1. The van der Waals surface area contributed by atoms with Crippen LogP contribution < -0.4 is 5.73 Å². The van der Waals surface area contributed by atoms with Crippen molar-refractivity contribution in [3.05, 3.63) is 28.3 Å². The van der Waals surface area contributed by atoms with Gasteiger partial charge in [0.1, 0.15) is 5.75 Å². The van der Waals surface area contributed by atoms with Gasteiger partial charge in [-0.25, -0.2) is 0 Å². The number of phenols is 1. The average molecular weight is 252 g/mol. The van der Waals surface area contributed by atoms with Gasteiger partial charge in [-0.15, -0.1) is 12.4 Å². The molecule has 3 nitrogen and oxygen atoms in total.